The van der Waals surface area contributed by atoms with Gasteiger partial charge in [-0.2, -0.15) is 4.91 Å². The van der Waals surface area contributed by atoms with Crippen LogP contribution in [0, 0.1) is 10.5 Å². The van der Waals surface area contributed by atoms with Crippen LogP contribution < -0.4 is 0 Å². The van der Waals surface area contributed by atoms with Crippen molar-refractivity contribution in [3.05, 3.63) is 4.91 Å². The van der Waals surface area contributed by atoms with Crippen LogP contribution in [0.25, 0.3) is 0 Å². The third-order valence-electron chi connectivity index (χ3n) is 0. The molecule has 0 amide bonds. The Kier molecular flexibility index (Phi) is 13.8. The molecule has 0 aliphatic carbocycles. The molecule has 38 valence electrons. The monoisotopic (exact) mass is 113 g/mol. The molecule has 0 aliphatic heterocycles. The molecule has 0 rings (SSSR count). The van der Waals surface area contributed by atoms with Crippen LogP contribution in [0.1, 0.15) is 0 Å². The highest BCUT2D eigenvalue weighted by atomic mass is 31.2. The fraction of sp³-hybridized carbons (Fsp3) is 0. The molecule has 0 bridgehead atoms. The first kappa shape index (κ1) is 9.32. The molecule has 0 aromatic heterocycles. The van der Waals surface area contributed by atoms with E-state index in [2.05, 4.69) is 5.59 Å². The molecule has 0 saturated heterocycles. The maximum absolute atomic E-state index is 7.50. The molecule has 0 aliphatic rings. The molecule has 0 aromatic rings. The molecule has 5 nitrogen and oxygen atoms in total. The Morgan fingerprint density at radius 2 is 1.17 bits per heavy atom. The summed E-state index contributed by atoms with van der Waals surface area (Å²) in [4.78, 5) is 29.2. The summed E-state index contributed by atoms with van der Waals surface area (Å²) < 4.78 is 0. The van der Waals surface area contributed by atoms with E-state index in [0.717, 1.165) is 0 Å². The van der Waals surface area contributed by atoms with Crippen molar-refractivity contribution in [3.8, 4) is 0 Å². The second kappa shape index (κ2) is 8.86. The van der Waals surface area contributed by atoms with Crippen molar-refractivity contribution in [2.24, 2.45) is 0 Å². The van der Waals surface area contributed by atoms with Crippen LogP contribution in [0.15, 0.2) is 0 Å². The number of nitrogens with one attached hydrogen (secondary N) is 1. The van der Waals surface area contributed by atoms with E-state index in [9.17, 15) is 0 Å². The van der Waals surface area contributed by atoms with Crippen molar-refractivity contribution >= 4 is 8.60 Å². The topological polar surface area (TPSA) is 102 Å². The van der Waals surface area contributed by atoms with Crippen molar-refractivity contribution in [2.45, 2.75) is 0 Å². The zero-order valence-electron chi connectivity index (χ0n) is 2.70. The van der Waals surface area contributed by atoms with Gasteiger partial charge < -0.3 is 14.7 Å². The van der Waals surface area contributed by atoms with E-state index in [-0.39, 0.29) is 0 Å². The van der Waals surface area contributed by atoms with Crippen LogP contribution in [0.5, 0.6) is 0 Å². The largest absolute Gasteiger partial charge is 0.328 e. The quantitative estimate of drug-likeness (QED) is 0.251. The lowest BCUT2D eigenvalue weighted by Gasteiger charge is -1.76. The molecule has 0 heterocycles. The Balaban J connectivity index is 0. The standard InChI is InChI=1S/HNO.H3O3P/c1-2;1-4(2)3/h1H;1-3H. The lowest BCUT2D eigenvalue weighted by atomic mass is 13.8. The summed E-state index contributed by atoms with van der Waals surface area (Å²) in [5.74, 6) is 0. The van der Waals surface area contributed by atoms with Gasteiger partial charge in [0.1, 0.15) is 0 Å². The maximum Gasteiger partial charge on any atom is 0.324 e. The second-order valence-electron chi connectivity index (χ2n) is 0.268. The Bertz CT molecular complexity index is 18.8. The van der Waals surface area contributed by atoms with Gasteiger partial charge in [0.05, 0.1) is 0 Å². The summed E-state index contributed by atoms with van der Waals surface area (Å²) in [7, 11) is -2.62. The van der Waals surface area contributed by atoms with E-state index in [1.54, 1.807) is 0 Å². The second-order valence-corrected chi connectivity index (χ2v) is 0.805. The summed E-state index contributed by atoms with van der Waals surface area (Å²) in [6, 6.07) is 0. The molecule has 0 radical (unpaired) electrons. The smallest absolute Gasteiger partial charge is 0.324 e. The van der Waals surface area contributed by atoms with Crippen LogP contribution >= 0.6 is 8.60 Å². The zero-order valence-corrected chi connectivity index (χ0v) is 3.59. The predicted octanol–water partition coefficient (Wildman–Crippen LogP) is -0.478. The molecule has 0 spiro atoms. The van der Waals surface area contributed by atoms with Gasteiger partial charge in [0.25, 0.3) is 0 Å². The molecular weight excluding hydrogens is 109 g/mol. The van der Waals surface area contributed by atoms with Crippen molar-refractivity contribution in [1.29, 1.82) is 5.59 Å². The molecule has 0 unspecified atom stereocenters. The minimum atomic E-state index is -2.62. The fourth-order valence-corrected chi connectivity index (χ4v) is 0. The van der Waals surface area contributed by atoms with E-state index in [0.29, 0.717) is 0 Å². The average Bonchev–Trinajstić information content (AvgIpc) is 1.41. The number of rotatable bonds is 0. The Morgan fingerprint density at radius 3 is 1.17 bits per heavy atom. The van der Waals surface area contributed by atoms with Gasteiger partial charge in [-0.3, -0.25) is 0 Å². The average molecular weight is 113 g/mol. The molecule has 0 fully saturated rings. The molecule has 6 heteroatoms. The normalized spacial score (nSPS) is 6.67. The van der Waals surface area contributed by atoms with Gasteiger partial charge in [0.15, 0.2) is 0 Å². The van der Waals surface area contributed by atoms with E-state index in [4.69, 9.17) is 19.6 Å². The maximum atomic E-state index is 7.50. The fourth-order valence-electron chi connectivity index (χ4n) is 0. The highest BCUT2D eigenvalue weighted by Crippen LogP contribution is 2.11. The van der Waals surface area contributed by atoms with Gasteiger partial charge in [0.2, 0.25) is 0 Å². The number of nitroso groups, excluding NO2 is 1. The minimum absolute atomic E-state index is 2.62. The first-order chi connectivity index (χ1) is 2.73. The van der Waals surface area contributed by atoms with Crippen LogP contribution in [-0.4, -0.2) is 14.7 Å². The van der Waals surface area contributed by atoms with Gasteiger partial charge >= 0.3 is 8.60 Å². The molecular formula is H4NO4P. The summed E-state index contributed by atoms with van der Waals surface area (Å²) in [5.41, 5.74) is 4.50. The number of hydrogen-bond donors (Lipinski definition) is 4. The van der Waals surface area contributed by atoms with Gasteiger partial charge in [-0.05, 0) is 0 Å². The first-order valence-corrected chi connectivity index (χ1v) is 2.00. The van der Waals surface area contributed by atoms with Crippen LogP contribution in [-0.2, 0) is 0 Å². The molecule has 6 heavy (non-hydrogen) atoms. The predicted molar refractivity (Wildman–Crippen MR) is 19.7 cm³/mol. The number of hydrogen-bond acceptors (Lipinski definition) is 5. The highest BCUT2D eigenvalue weighted by molar-refractivity contribution is 7.38. The lowest BCUT2D eigenvalue weighted by molar-refractivity contribution is 0.368. The van der Waals surface area contributed by atoms with E-state index < -0.39 is 8.60 Å². The SMILES string of the molecule is N=O.OP(O)O. The van der Waals surface area contributed by atoms with E-state index in [1.165, 1.54) is 0 Å². The van der Waals surface area contributed by atoms with Crippen LogP contribution in [0.4, 0.5) is 0 Å². The van der Waals surface area contributed by atoms with Crippen molar-refractivity contribution in [2.75, 3.05) is 0 Å². The zero-order chi connectivity index (χ0) is 5.58. The molecule has 4 N–H and O–H groups in total. The molecule has 0 atom stereocenters. The van der Waals surface area contributed by atoms with Crippen LogP contribution in [0.3, 0.4) is 0 Å². The Hall–Kier alpha value is -0.0900. The van der Waals surface area contributed by atoms with Crippen molar-refractivity contribution < 1.29 is 14.7 Å². The van der Waals surface area contributed by atoms with Gasteiger partial charge in [0, 0.05) is 0 Å². The van der Waals surface area contributed by atoms with Crippen LogP contribution in [0.2, 0.25) is 0 Å². The summed E-state index contributed by atoms with van der Waals surface area (Å²) >= 11 is 0. The van der Waals surface area contributed by atoms with Gasteiger partial charge in [-0.25, -0.2) is 0 Å². The van der Waals surface area contributed by atoms with Crippen molar-refractivity contribution in [3.63, 3.8) is 0 Å². The molecule has 0 saturated carbocycles. The summed E-state index contributed by atoms with van der Waals surface area (Å²) in [5, 5.41) is 0. The summed E-state index contributed by atoms with van der Waals surface area (Å²) in [6.45, 7) is 0. The first-order valence-electron chi connectivity index (χ1n) is 0.804. The lowest BCUT2D eigenvalue weighted by Crippen LogP contribution is -1.54. The van der Waals surface area contributed by atoms with Crippen molar-refractivity contribution in [1.82, 2.24) is 0 Å². The third-order valence-corrected chi connectivity index (χ3v) is 0. The van der Waals surface area contributed by atoms with Gasteiger partial charge in [-0.1, -0.05) is 5.59 Å². The third kappa shape index (κ3) is 4090. The minimum Gasteiger partial charge on any atom is -0.328 e. The summed E-state index contributed by atoms with van der Waals surface area (Å²) in [6.07, 6.45) is 0. The van der Waals surface area contributed by atoms with E-state index in [1.807, 2.05) is 0 Å². The highest BCUT2D eigenvalue weighted by Gasteiger charge is 1.76. The van der Waals surface area contributed by atoms with E-state index >= 15 is 0 Å². The Morgan fingerprint density at radius 1 is 1.17 bits per heavy atom. The molecule has 0 aromatic carbocycles. The Labute approximate surface area is 35.0 Å². The van der Waals surface area contributed by atoms with Gasteiger partial charge in [-0.15, -0.1) is 0 Å².